The highest BCUT2D eigenvalue weighted by atomic mass is 32.2. The van der Waals surface area contributed by atoms with Crippen molar-refractivity contribution in [3.8, 4) is 0 Å². The van der Waals surface area contributed by atoms with Gasteiger partial charge in [0.25, 0.3) is 0 Å². The van der Waals surface area contributed by atoms with Gasteiger partial charge in [-0.15, -0.1) is 0 Å². The lowest BCUT2D eigenvalue weighted by atomic mass is 9.97. The fourth-order valence-corrected chi connectivity index (χ4v) is 3.80. The van der Waals surface area contributed by atoms with Crippen molar-refractivity contribution in [1.82, 2.24) is 4.72 Å². The van der Waals surface area contributed by atoms with Crippen molar-refractivity contribution in [2.75, 3.05) is 0 Å². The zero-order chi connectivity index (χ0) is 16.2. The molecule has 22 heavy (non-hydrogen) atoms. The Morgan fingerprint density at radius 2 is 1.59 bits per heavy atom. The predicted octanol–water partition coefficient (Wildman–Crippen LogP) is 3.64. The SMILES string of the molecule is CC(C)C(NS(=O)(=O)Cc1ccccc1)c1ccc(F)cc1. The Kier molecular flexibility index (Phi) is 5.32. The van der Waals surface area contributed by atoms with Gasteiger partial charge in [-0.05, 0) is 29.2 Å². The molecule has 0 heterocycles. The third-order valence-corrected chi connectivity index (χ3v) is 4.73. The summed E-state index contributed by atoms with van der Waals surface area (Å²) in [5, 5.41) is 0. The van der Waals surface area contributed by atoms with Crippen LogP contribution in [0.2, 0.25) is 0 Å². The monoisotopic (exact) mass is 321 g/mol. The normalized spacial score (nSPS) is 13.3. The first kappa shape index (κ1) is 16.6. The fourth-order valence-electron chi connectivity index (χ4n) is 2.29. The summed E-state index contributed by atoms with van der Waals surface area (Å²) < 4.78 is 40.5. The minimum Gasteiger partial charge on any atom is -0.212 e. The zero-order valence-electron chi connectivity index (χ0n) is 12.7. The number of hydrogen-bond donors (Lipinski definition) is 1. The summed E-state index contributed by atoms with van der Waals surface area (Å²) in [6.45, 7) is 3.86. The molecule has 0 aliphatic carbocycles. The van der Waals surface area contributed by atoms with Gasteiger partial charge in [-0.1, -0.05) is 56.3 Å². The van der Waals surface area contributed by atoms with E-state index in [-0.39, 0.29) is 23.5 Å². The van der Waals surface area contributed by atoms with Crippen LogP contribution in [0.5, 0.6) is 0 Å². The molecule has 0 amide bonds. The van der Waals surface area contributed by atoms with Gasteiger partial charge < -0.3 is 0 Å². The van der Waals surface area contributed by atoms with Crippen molar-refractivity contribution in [1.29, 1.82) is 0 Å². The number of nitrogens with one attached hydrogen (secondary N) is 1. The van der Waals surface area contributed by atoms with Crippen molar-refractivity contribution in [2.24, 2.45) is 5.92 Å². The summed E-state index contributed by atoms with van der Waals surface area (Å²) >= 11 is 0. The average molecular weight is 321 g/mol. The molecule has 2 rings (SSSR count). The zero-order valence-corrected chi connectivity index (χ0v) is 13.5. The quantitative estimate of drug-likeness (QED) is 0.883. The smallest absolute Gasteiger partial charge is 0.212 e. The van der Waals surface area contributed by atoms with Crippen molar-refractivity contribution >= 4 is 10.0 Å². The van der Waals surface area contributed by atoms with E-state index < -0.39 is 10.0 Å². The molecule has 0 fully saturated rings. The van der Waals surface area contributed by atoms with Crippen molar-refractivity contribution < 1.29 is 12.8 Å². The maximum Gasteiger partial charge on any atom is 0.216 e. The van der Waals surface area contributed by atoms with Crippen LogP contribution in [0.3, 0.4) is 0 Å². The van der Waals surface area contributed by atoms with E-state index in [0.29, 0.717) is 0 Å². The van der Waals surface area contributed by atoms with Crippen LogP contribution in [0.1, 0.15) is 31.0 Å². The van der Waals surface area contributed by atoms with E-state index in [2.05, 4.69) is 4.72 Å². The molecule has 0 aliphatic heterocycles. The third-order valence-electron chi connectivity index (χ3n) is 3.40. The number of benzene rings is 2. The average Bonchev–Trinajstić information content (AvgIpc) is 2.46. The summed E-state index contributed by atoms with van der Waals surface area (Å²) in [6.07, 6.45) is 0. The molecule has 0 bridgehead atoms. The highest BCUT2D eigenvalue weighted by Gasteiger charge is 2.22. The fraction of sp³-hybridized carbons (Fsp3) is 0.294. The van der Waals surface area contributed by atoms with Gasteiger partial charge in [-0.2, -0.15) is 0 Å². The lowest BCUT2D eigenvalue weighted by Gasteiger charge is -2.23. The maximum atomic E-state index is 13.0. The Labute approximate surface area is 131 Å². The second-order valence-corrected chi connectivity index (χ2v) is 7.39. The molecular formula is C17H20FNO2S. The van der Waals surface area contributed by atoms with Crippen LogP contribution >= 0.6 is 0 Å². The standard InChI is InChI=1S/C17H20FNO2S/c1-13(2)17(15-8-10-16(18)11-9-15)19-22(20,21)12-14-6-4-3-5-7-14/h3-11,13,17,19H,12H2,1-2H3. The van der Waals surface area contributed by atoms with Gasteiger partial charge in [0.05, 0.1) is 5.75 Å². The molecule has 0 aliphatic rings. The minimum absolute atomic E-state index is 0.0519. The summed E-state index contributed by atoms with van der Waals surface area (Å²) in [7, 11) is -3.48. The lowest BCUT2D eigenvalue weighted by Crippen LogP contribution is -2.32. The van der Waals surface area contributed by atoms with Crippen molar-refractivity contribution in [3.63, 3.8) is 0 Å². The molecule has 118 valence electrons. The van der Waals surface area contributed by atoms with E-state index in [4.69, 9.17) is 0 Å². The van der Waals surface area contributed by atoms with Crippen LogP contribution in [-0.2, 0) is 15.8 Å². The van der Waals surface area contributed by atoms with Crippen LogP contribution in [-0.4, -0.2) is 8.42 Å². The predicted molar refractivity (Wildman–Crippen MR) is 86.2 cm³/mol. The Hall–Kier alpha value is -1.72. The summed E-state index contributed by atoms with van der Waals surface area (Å²) in [5.74, 6) is -0.354. The molecule has 0 saturated heterocycles. The van der Waals surface area contributed by atoms with E-state index in [0.717, 1.165) is 11.1 Å². The molecule has 1 N–H and O–H groups in total. The molecule has 0 aromatic heterocycles. The van der Waals surface area contributed by atoms with E-state index >= 15 is 0 Å². The van der Waals surface area contributed by atoms with E-state index in [9.17, 15) is 12.8 Å². The first-order valence-corrected chi connectivity index (χ1v) is 8.82. The number of hydrogen-bond acceptors (Lipinski definition) is 2. The molecule has 5 heteroatoms. The van der Waals surface area contributed by atoms with Crippen molar-refractivity contribution in [3.05, 3.63) is 71.5 Å². The van der Waals surface area contributed by atoms with Gasteiger partial charge in [0, 0.05) is 6.04 Å². The lowest BCUT2D eigenvalue weighted by molar-refractivity contribution is 0.462. The number of sulfonamides is 1. The molecule has 2 aromatic rings. The first-order chi connectivity index (χ1) is 10.4. The van der Waals surface area contributed by atoms with Gasteiger partial charge in [0.1, 0.15) is 5.82 Å². The minimum atomic E-state index is -3.48. The Bertz CT molecular complexity index is 697. The first-order valence-electron chi connectivity index (χ1n) is 7.17. The third kappa shape index (κ3) is 4.64. The molecule has 1 unspecified atom stereocenters. The molecule has 1 atom stereocenters. The second kappa shape index (κ2) is 7.03. The molecular weight excluding hydrogens is 301 g/mol. The number of rotatable bonds is 6. The largest absolute Gasteiger partial charge is 0.216 e. The second-order valence-electron chi connectivity index (χ2n) is 5.64. The van der Waals surface area contributed by atoms with Crippen LogP contribution in [0.25, 0.3) is 0 Å². The van der Waals surface area contributed by atoms with Crippen LogP contribution in [0.4, 0.5) is 4.39 Å². The highest BCUT2D eigenvalue weighted by molar-refractivity contribution is 7.88. The topological polar surface area (TPSA) is 46.2 Å². The Morgan fingerprint density at radius 1 is 1.00 bits per heavy atom. The van der Waals surface area contributed by atoms with E-state index in [1.54, 1.807) is 24.3 Å². The van der Waals surface area contributed by atoms with Gasteiger partial charge in [0.2, 0.25) is 10.0 Å². The molecule has 0 radical (unpaired) electrons. The van der Waals surface area contributed by atoms with Gasteiger partial charge in [-0.25, -0.2) is 17.5 Å². The Balaban J connectivity index is 2.18. The summed E-state index contributed by atoms with van der Waals surface area (Å²) in [4.78, 5) is 0. The molecule has 3 nitrogen and oxygen atoms in total. The van der Waals surface area contributed by atoms with E-state index in [1.165, 1.54) is 12.1 Å². The number of halogens is 1. The van der Waals surface area contributed by atoms with Crippen LogP contribution < -0.4 is 4.72 Å². The van der Waals surface area contributed by atoms with Gasteiger partial charge in [-0.3, -0.25) is 0 Å². The molecule has 0 spiro atoms. The maximum absolute atomic E-state index is 13.0. The van der Waals surface area contributed by atoms with Gasteiger partial charge >= 0.3 is 0 Å². The molecule has 2 aromatic carbocycles. The highest BCUT2D eigenvalue weighted by Crippen LogP contribution is 2.23. The van der Waals surface area contributed by atoms with Crippen molar-refractivity contribution in [2.45, 2.75) is 25.6 Å². The molecule has 0 saturated carbocycles. The van der Waals surface area contributed by atoms with Gasteiger partial charge in [0.15, 0.2) is 0 Å². The van der Waals surface area contributed by atoms with Crippen LogP contribution in [0.15, 0.2) is 54.6 Å². The van der Waals surface area contributed by atoms with E-state index in [1.807, 2.05) is 32.0 Å². The summed E-state index contributed by atoms with van der Waals surface area (Å²) in [6, 6.07) is 14.6. The Morgan fingerprint density at radius 3 is 2.14 bits per heavy atom. The van der Waals surface area contributed by atoms with Crippen LogP contribution in [0, 0.1) is 11.7 Å². The summed E-state index contributed by atoms with van der Waals surface area (Å²) in [5.41, 5.74) is 1.49.